The Hall–Kier alpha value is -1.89. The third-order valence-corrected chi connectivity index (χ3v) is 3.67. The van der Waals surface area contributed by atoms with Gasteiger partial charge in [-0.15, -0.1) is 0 Å². The number of carbonyl (C=O) groups excluding carboxylic acids is 2. The summed E-state index contributed by atoms with van der Waals surface area (Å²) in [5.74, 6) is -0.150. The molecule has 1 saturated heterocycles. The van der Waals surface area contributed by atoms with E-state index in [0.29, 0.717) is 19.6 Å². The van der Waals surface area contributed by atoms with E-state index in [1.54, 1.807) is 12.5 Å². The number of piperazine rings is 1. The Morgan fingerprint density at radius 3 is 3.05 bits per heavy atom. The lowest BCUT2D eigenvalue weighted by Crippen LogP contribution is -2.58. The molecule has 1 aliphatic rings. The molecule has 1 aromatic heterocycles. The molecule has 0 bridgehead atoms. The zero-order chi connectivity index (χ0) is 15.2. The van der Waals surface area contributed by atoms with E-state index in [1.165, 1.54) is 0 Å². The minimum absolute atomic E-state index is 0.0558. The molecule has 1 fully saturated rings. The lowest BCUT2D eigenvalue weighted by atomic mass is 10.1. The van der Waals surface area contributed by atoms with Crippen LogP contribution in [0, 0.1) is 0 Å². The summed E-state index contributed by atoms with van der Waals surface area (Å²) in [7, 11) is 0. The monoisotopic (exact) mass is 293 g/mol. The molecule has 1 aliphatic heterocycles. The molecule has 0 aromatic carbocycles. The quantitative estimate of drug-likeness (QED) is 0.748. The minimum atomic E-state index is -0.369. The van der Waals surface area contributed by atoms with E-state index in [9.17, 15) is 9.59 Å². The molecular weight excluding hydrogens is 270 g/mol. The summed E-state index contributed by atoms with van der Waals surface area (Å²) in [6.45, 7) is 6.74. The van der Waals surface area contributed by atoms with Crippen molar-refractivity contribution >= 4 is 11.8 Å². The van der Waals surface area contributed by atoms with Gasteiger partial charge < -0.3 is 15.2 Å². The number of rotatable bonds is 6. The molecule has 0 aliphatic carbocycles. The number of amides is 2. The number of aromatic nitrogens is 2. The topological polar surface area (TPSA) is 79.3 Å². The molecule has 2 rings (SSSR count). The fourth-order valence-corrected chi connectivity index (χ4v) is 2.55. The first-order valence-corrected chi connectivity index (χ1v) is 7.34. The van der Waals surface area contributed by atoms with Gasteiger partial charge in [0, 0.05) is 44.6 Å². The maximum atomic E-state index is 12.0. The van der Waals surface area contributed by atoms with E-state index in [-0.39, 0.29) is 30.3 Å². The van der Waals surface area contributed by atoms with Crippen LogP contribution in [0.3, 0.4) is 0 Å². The molecule has 2 amide bonds. The van der Waals surface area contributed by atoms with Crippen LogP contribution < -0.4 is 10.6 Å². The first kappa shape index (κ1) is 15.5. The van der Waals surface area contributed by atoms with Gasteiger partial charge in [-0.05, 0) is 13.8 Å². The Kier molecular flexibility index (Phi) is 5.32. The van der Waals surface area contributed by atoms with Gasteiger partial charge in [0.1, 0.15) is 0 Å². The molecular formula is C14H23N5O2. The molecule has 7 nitrogen and oxygen atoms in total. The highest BCUT2D eigenvalue weighted by Crippen LogP contribution is 2.12. The van der Waals surface area contributed by atoms with Crippen molar-refractivity contribution in [2.45, 2.75) is 38.9 Å². The highest BCUT2D eigenvalue weighted by molar-refractivity contribution is 5.88. The van der Waals surface area contributed by atoms with E-state index in [4.69, 9.17) is 0 Å². The standard InChI is InChI=1S/C14H23N5O2/c1-11(2)19-8-5-17-14(21)12(19)9-13(20)16-4-7-18-6-3-15-10-18/h3,6,10-12H,4-5,7-9H2,1-2H3,(H,16,20)(H,17,21). The molecule has 1 atom stereocenters. The van der Waals surface area contributed by atoms with Gasteiger partial charge >= 0.3 is 0 Å². The van der Waals surface area contributed by atoms with Crippen molar-refractivity contribution in [3.63, 3.8) is 0 Å². The number of nitrogens with one attached hydrogen (secondary N) is 2. The second-order valence-electron chi connectivity index (χ2n) is 5.49. The maximum Gasteiger partial charge on any atom is 0.237 e. The van der Waals surface area contributed by atoms with E-state index in [0.717, 1.165) is 6.54 Å². The predicted molar refractivity (Wildman–Crippen MR) is 78.5 cm³/mol. The van der Waals surface area contributed by atoms with Crippen LogP contribution in [0.4, 0.5) is 0 Å². The van der Waals surface area contributed by atoms with Crippen molar-refractivity contribution in [2.24, 2.45) is 0 Å². The van der Waals surface area contributed by atoms with Gasteiger partial charge in [-0.25, -0.2) is 4.98 Å². The highest BCUT2D eigenvalue weighted by atomic mass is 16.2. The van der Waals surface area contributed by atoms with Gasteiger partial charge in [0.05, 0.1) is 18.8 Å². The van der Waals surface area contributed by atoms with Gasteiger partial charge in [-0.2, -0.15) is 0 Å². The van der Waals surface area contributed by atoms with Crippen LogP contribution in [-0.2, 0) is 16.1 Å². The summed E-state index contributed by atoms with van der Waals surface area (Å²) < 4.78 is 1.90. The molecule has 116 valence electrons. The molecule has 1 aromatic rings. The van der Waals surface area contributed by atoms with E-state index in [2.05, 4.69) is 20.5 Å². The summed E-state index contributed by atoms with van der Waals surface area (Å²) in [5, 5.41) is 5.68. The SMILES string of the molecule is CC(C)N1CCNC(=O)C1CC(=O)NCCn1ccnc1. The number of nitrogens with zero attached hydrogens (tertiary/aromatic N) is 3. The first-order chi connectivity index (χ1) is 10.1. The molecule has 0 radical (unpaired) electrons. The fourth-order valence-electron chi connectivity index (χ4n) is 2.55. The van der Waals surface area contributed by atoms with Crippen LogP contribution in [0.5, 0.6) is 0 Å². The average Bonchev–Trinajstić information content (AvgIpc) is 2.94. The summed E-state index contributed by atoms with van der Waals surface area (Å²) in [6.07, 6.45) is 5.46. The Labute approximate surface area is 124 Å². The smallest absolute Gasteiger partial charge is 0.237 e. The molecule has 2 heterocycles. The predicted octanol–water partition coefficient (Wildman–Crippen LogP) is -0.402. The van der Waals surface area contributed by atoms with Crippen molar-refractivity contribution in [1.82, 2.24) is 25.1 Å². The second kappa shape index (κ2) is 7.21. The number of hydrogen-bond donors (Lipinski definition) is 2. The van der Waals surface area contributed by atoms with E-state index in [1.807, 2.05) is 24.6 Å². The van der Waals surface area contributed by atoms with Crippen LogP contribution in [0.2, 0.25) is 0 Å². The van der Waals surface area contributed by atoms with Crippen molar-refractivity contribution in [3.05, 3.63) is 18.7 Å². The normalized spacial score (nSPS) is 19.6. The summed E-state index contributed by atoms with van der Waals surface area (Å²) in [4.78, 5) is 30.0. The Bertz CT molecular complexity index is 472. The molecule has 2 N–H and O–H groups in total. The largest absolute Gasteiger partial charge is 0.354 e. The maximum absolute atomic E-state index is 12.0. The number of carbonyl (C=O) groups is 2. The zero-order valence-corrected chi connectivity index (χ0v) is 12.6. The van der Waals surface area contributed by atoms with Gasteiger partial charge in [0.25, 0.3) is 0 Å². The van der Waals surface area contributed by atoms with Crippen molar-refractivity contribution in [2.75, 3.05) is 19.6 Å². The van der Waals surface area contributed by atoms with Crippen LogP contribution >= 0.6 is 0 Å². The van der Waals surface area contributed by atoms with Crippen molar-refractivity contribution < 1.29 is 9.59 Å². The van der Waals surface area contributed by atoms with Crippen molar-refractivity contribution in [1.29, 1.82) is 0 Å². The summed E-state index contributed by atoms with van der Waals surface area (Å²) in [5.41, 5.74) is 0. The van der Waals surface area contributed by atoms with Gasteiger partial charge in [0.2, 0.25) is 11.8 Å². The van der Waals surface area contributed by atoms with E-state index >= 15 is 0 Å². The molecule has 1 unspecified atom stereocenters. The average molecular weight is 293 g/mol. The second-order valence-corrected chi connectivity index (χ2v) is 5.49. The number of hydrogen-bond acceptors (Lipinski definition) is 4. The van der Waals surface area contributed by atoms with Crippen molar-refractivity contribution in [3.8, 4) is 0 Å². The highest BCUT2D eigenvalue weighted by Gasteiger charge is 2.32. The molecule has 0 spiro atoms. The molecule has 7 heteroatoms. The van der Waals surface area contributed by atoms with Crippen LogP contribution in [-0.4, -0.2) is 58.0 Å². The summed E-state index contributed by atoms with van der Waals surface area (Å²) >= 11 is 0. The summed E-state index contributed by atoms with van der Waals surface area (Å²) in [6, 6.07) is -0.119. The third kappa shape index (κ3) is 4.29. The molecule has 21 heavy (non-hydrogen) atoms. The van der Waals surface area contributed by atoms with Crippen LogP contribution in [0.25, 0.3) is 0 Å². The Morgan fingerprint density at radius 2 is 2.38 bits per heavy atom. The van der Waals surface area contributed by atoms with Gasteiger partial charge in [-0.3, -0.25) is 14.5 Å². The molecule has 0 saturated carbocycles. The number of imidazole rings is 1. The first-order valence-electron chi connectivity index (χ1n) is 7.34. The Morgan fingerprint density at radius 1 is 1.57 bits per heavy atom. The van der Waals surface area contributed by atoms with Gasteiger partial charge in [0.15, 0.2) is 0 Å². The van der Waals surface area contributed by atoms with Gasteiger partial charge in [-0.1, -0.05) is 0 Å². The fraction of sp³-hybridized carbons (Fsp3) is 0.643. The third-order valence-electron chi connectivity index (χ3n) is 3.67. The zero-order valence-electron chi connectivity index (χ0n) is 12.6. The lowest BCUT2D eigenvalue weighted by Gasteiger charge is -2.37. The van der Waals surface area contributed by atoms with Crippen LogP contribution in [0.1, 0.15) is 20.3 Å². The minimum Gasteiger partial charge on any atom is -0.354 e. The lowest BCUT2D eigenvalue weighted by molar-refractivity contribution is -0.134. The Balaban J connectivity index is 1.80. The van der Waals surface area contributed by atoms with Crippen LogP contribution in [0.15, 0.2) is 18.7 Å². The van der Waals surface area contributed by atoms with E-state index < -0.39 is 0 Å².